The Bertz CT molecular complexity index is 177. The molecule has 0 radical (unpaired) electrons. The van der Waals surface area contributed by atoms with Crippen LogP contribution < -0.4 is 0 Å². The molecule has 0 spiro atoms. The first-order valence-electron chi connectivity index (χ1n) is 4.11. The molecule has 1 fully saturated rings. The lowest BCUT2D eigenvalue weighted by molar-refractivity contribution is -0.165. The van der Waals surface area contributed by atoms with E-state index in [1.807, 2.05) is 0 Å². The summed E-state index contributed by atoms with van der Waals surface area (Å²) in [4.78, 5) is 10.9. The van der Waals surface area contributed by atoms with Gasteiger partial charge in [-0.2, -0.15) is 0 Å². The number of cyclic esters (lactones) is 1. The molecule has 1 aliphatic rings. The zero-order chi connectivity index (χ0) is 8.97. The monoisotopic (exact) mass is 170 g/mol. The van der Waals surface area contributed by atoms with Gasteiger partial charge in [0, 0.05) is 20.0 Å². The number of esters is 1. The minimum atomic E-state index is -0.131. The average Bonchev–Trinajstić information content (AvgIpc) is 2.05. The predicted octanol–water partition coefficient (Wildman–Crippen LogP) is 1.28. The van der Waals surface area contributed by atoms with E-state index in [9.17, 15) is 4.79 Å². The van der Waals surface area contributed by atoms with Gasteiger partial charge in [0.1, 0.15) is 6.10 Å². The van der Waals surface area contributed by atoms with Crippen LogP contribution in [0.5, 0.6) is 0 Å². The third-order valence-corrected chi connectivity index (χ3v) is 2.03. The highest BCUT2D eigenvalue weighted by Gasteiger charge is 2.29. The summed E-state index contributed by atoms with van der Waals surface area (Å²) in [6.45, 7) is 3.60. The number of hydrogen-bond acceptors (Lipinski definition) is 3. The highest BCUT2D eigenvalue weighted by molar-refractivity contribution is 5.70. The third-order valence-electron chi connectivity index (χ3n) is 2.03. The summed E-state index contributed by atoms with van der Waals surface area (Å²) < 4.78 is 10.3. The predicted molar refractivity (Wildman–Crippen MR) is 44.7 cm³/mol. The summed E-state index contributed by atoms with van der Waals surface area (Å²) in [7, 11) is 1.64. The second kappa shape index (κ2) is 4.26. The summed E-state index contributed by atoms with van der Waals surface area (Å²) in [5, 5.41) is 0. The SMILES string of the molecule is C=CCC1OC(=O)CCC1OC. The fourth-order valence-electron chi connectivity index (χ4n) is 1.38. The maximum atomic E-state index is 10.9. The van der Waals surface area contributed by atoms with Gasteiger partial charge in [0.2, 0.25) is 0 Å². The molecule has 0 amide bonds. The highest BCUT2D eigenvalue weighted by atomic mass is 16.6. The minimum absolute atomic E-state index is 0.0423. The molecule has 3 nitrogen and oxygen atoms in total. The Morgan fingerprint density at radius 1 is 1.83 bits per heavy atom. The molecule has 1 aliphatic heterocycles. The van der Waals surface area contributed by atoms with Gasteiger partial charge < -0.3 is 9.47 Å². The first-order valence-corrected chi connectivity index (χ1v) is 4.11. The van der Waals surface area contributed by atoms with Crippen LogP contribution in [0.15, 0.2) is 12.7 Å². The van der Waals surface area contributed by atoms with Crippen LogP contribution >= 0.6 is 0 Å². The third kappa shape index (κ3) is 2.08. The van der Waals surface area contributed by atoms with Gasteiger partial charge in [-0.05, 0) is 6.42 Å². The van der Waals surface area contributed by atoms with Crippen molar-refractivity contribution < 1.29 is 14.3 Å². The molecular weight excluding hydrogens is 156 g/mol. The van der Waals surface area contributed by atoms with Gasteiger partial charge in [-0.3, -0.25) is 4.79 Å². The average molecular weight is 170 g/mol. The van der Waals surface area contributed by atoms with E-state index in [1.165, 1.54) is 0 Å². The van der Waals surface area contributed by atoms with Crippen molar-refractivity contribution in [1.29, 1.82) is 0 Å². The van der Waals surface area contributed by atoms with E-state index >= 15 is 0 Å². The van der Waals surface area contributed by atoms with Crippen molar-refractivity contribution >= 4 is 5.97 Å². The fourth-order valence-corrected chi connectivity index (χ4v) is 1.38. The summed E-state index contributed by atoms with van der Waals surface area (Å²) in [5.74, 6) is -0.129. The summed E-state index contributed by atoms with van der Waals surface area (Å²) >= 11 is 0. The van der Waals surface area contributed by atoms with Crippen LogP contribution in [0.1, 0.15) is 19.3 Å². The van der Waals surface area contributed by atoms with Crippen molar-refractivity contribution in [3.8, 4) is 0 Å². The summed E-state index contributed by atoms with van der Waals surface area (Å²) in [5.41, 5.74) is 0. The van der Waals surface area contributed by atoms with E-state index in [0.717, 1.165) is 6.42 Å². The molecule has 2 atom stereocenters. The van der Waals surface area contributed by atoms with E-state index in [1.54, 1.807) is 13.2 Å². The van der Waals surface area contributed by atoms with E-state index in [4.69, 9.17) is 9.47 Å². The second-order valence-electron chi connectivity index (χ2n) is 2.87. The quantitative estimate of drug-likeness (QED) is 0.473. The standard InChI is InChI=1S/C9H14O3/c1-3-4-8-7(11-2)5-6-9(10)12-8/h3,7-8H,1,4-6H2,2H3. The van der Waals surface area contributed by atoms with E-state index in [0.29, 0.717) is 12.8 Å². The molecule has 2 unspecified atom stereocenters. The minimum Gasteiger partial charge on any atom is -0.459 e. The molecule has 1 rings (SSSR count). The van der Waals surface area contributed by atoms with Crippen LogP contribution in [0.3, 0.4) is 0 Å². The maximum absolute atomic E-state index is 10.9. The summed E-state index contributed by atoms with van der Waals surface area (Å²) in [6, 6.07) is 0. The highest BCUT2D eigenvalue weighted by Crippen LogP contribution is 2.20. The molecule has 1 saturated heterocycles. The first kappa shape index (κ1) is 9.26. The normalized spacial score (nSPS) is 29.6. The summed E-state index contributed by atoms with van der Waals surface area (Å²) in [6.07, 6.45) is 3.55. The molecule has 1 heterocycles. The lowest BCUT2D eigenvalue weighted by Gasteiger charge is -2.29. The molecule has 0 bridgehead atoms. The lowest BCUT2D eigenvalue weighted by atomic mass is 10.0. The van der Waals surface area contributed by atoms with Crippen LogP contribution in [0, 0.1) is 0 Å². The van der Waals surface area contributed by atoms with Gasteiger partial charge in [-0.1, -0.05) is 6.08 Å². The van der Waals surface area contributed by atoms with Crippen LogP contribution in [-0.4, -0.2) is 25.3 Å². The van der Waals surface area contributed by atoms with Gasteiger partial charge in [0.15, 0.2) is 0 Å². The Kier molecular flexibility index (Phi) is 3.29. The number of carbonyl (C=O) groups excluding carboxylic acids is 1. The Labute approximate surface area is 72.4 Å². The van der Waals surface area contributed by atoms with E-state index < -0.39 is 0 Å². The number of hydrogen-bond donors (Lipinski definition) is 0. The Balaban J connectivity index is 2.50. The van der Waals surface area contributed by atoms with Crippen molar-refractivity contribution in [2.45, 2.75) is 31.5 Å². The van der Waals surface area contributed by atoms with Crippen LogP contribution in [0.2, 0.25) is 0 Å². The molecule has 0 aromatic rings. The van der Waals surface area contributed by atoms with Crippen molar-refractivity contribution in [3.05, 3.63) is 12.7 Å². The number of carbonyl (C=O) groups is 1. The molecule has 0 aliphatic carbocycles. The van der Waals surface area contributed by atoms with Crippen molar-refractivity contribution in [3.63, 3.8) is 0 Å². The van der Waals surface area contributed by atoms with Gasteiger partial charge in [0.05, 0.1) is 6.10 Å². The molecule has 0 N–H and O–H groups in total. The molecule has 3 heteroatoms. The van der Waals surface area contributed by atoms with E-state index in [-0.39, 0.29) is 18.2 Å². The van der Waals surface area contributed by atoms with Crippen molar-refractivity contribution in [1.82, 2.24) is 0 Å². The maximum Gasteiger partial charge on any atom is 0.306 e. The second-order valence-corrected chi connectivity index (χ2v) is 2.87. The topological polar surface area (TPSA) is 35.5 Å². The number of rotatable bonds is 3. The largest absolute Gasteiger partial charge is 0.459 e. The van der Waals surface area contributed by atoms with Crippen LogP contribution in [-0.2, 0) is 14.3 Å². The smallest absolute Gasteiger partial charge is 0.306 e. The lowest BCUT2D eigenvalue weighted by Crippen LogP contribution is -2.37. The molecule has 12 heavy (non-hydrogen) atoms. The Morgan fingerprint density at radius 2 is 2.58 bits per heavy atom. The molecule has 68 valence electrons. The van der Waals surface area contributed by atoms with Crippen LogP contribution in [0.4, 0.5) is 0 Å². The Morgan fingerprint density at radius 3 is 3.17 bits per heavy atom. The Hall–Kier alpha value is -0.830. The fraction of sp³-hybridized carbons (Fsp3) is 0.667. The zero-order valence-corrected chi connectivity index (χ0v) is 7.29. The van der Waals surface area contributed by atoms with Gasteiger partial charge in [-0.15, -0.1) is 6.58 Å². The van der Waals surface area contributed by atoms with E-state index in [2.05, 4.69) is 6.58 Å². The van der Waals surface area contributed by atoms with Gasteiger partial charge in [0.25, 0.3) is 0 Å². The number of methoxy groups -OCH3 is 1. The molecule has 0 saturated carbocycles. The van der Waals surface area contributed by atoms with Gasteiger partial charge in [-0.25, -0.2) is 0 Å². The first-order chi connectivity index (χ1) is 5.77. The number of ether oxygens (including phenoxy) is 2. The van der Waals surface area contributed by atoms with Crippen molar-refractivity contribution in [2.24, 2.45) is 0 Å². The zero-order valence-electron chi connectivity index (χ0n) is 7.29. The molecular formula is C9H14O3. The van der Waals surface area contributed by atoms with Crippen LogP contribution in [0.25, 0.3) is 0 Å². The van der Waals surface area contributed by atoms with Gasteiger partial charge >= 0.3 is 5.97 Å². The molecule has 0 aromatic heterocycles. The molecule has 0 aromatic carbocycles. The van der Waals surface area contributed by atoms with Crippen molar-refractivity contribution in [2.75, 3.05) is 7.11 Å².